The molecular formula is C25H29Br2F2N. The summed E-state index contributed by atoms with van der Waals surface area (Å²) in [5.74, 6) is -3.56. The summed E-state index contributed by atoms with van der Waals surface area (Å²) in [4.78, 5) is 4.05. The first-order valence-corrected chi connectivity index (χ1v) is 12.1. The monoisotopic (exact) mass is 539 g/mol. The second-order valence-corrected chi connectivity index (χ2v) is 10.9. The summed E-state index contributed by atoms with van der Waals surface area (Å²) in [5.41, 5.74) is 3.65. The maximum Gasteiger partial charge on any atom is 0.292 e. The molecule has 0 saturated heterocycles. The number of hydrogen-bond donors (Lipinski definition) is 0. The highest BCUT2D eigenvalue weighted by Crippen LogP contribution is 2.42. The molecule has 0 unspecified atom stereocenters. The zero-order valence-corrected chi connectivity index (χ0v) is 21.2. The van der Waals surface area contributed by atoms with Crippen LogP contribution < -0.4 is 0 Å². The van der Waals surface area contributed by atoms with E-state index in [2.05, 4.69) is 81.9 Å². The van der Waals surface area contributed by atoms with Crippen molar-refractivity contribution < 1.29 is 8.78 Å². The average Bonchev–Trinajstić information content (AvgIpc) is 2.68. The lowest BCUT2D eigenvalue weighted by molar-refractivity contribution is -0.00395. The number of halogens is 4. The van der Waals surface area contributed by atoms with E-state index < -0.39 is 11.8 Å². The number of hydrogen-bond acceptors (Lipinski definition) is 1. The maximum atomic E-state index is 15.3. The van der Waals surface area contributed by atoms with E-state index in [1.165, 1.54) is 12.6 Å². The Morgan fingerprint density at radius 3 is 1.93 bits per heavy atom. The Labute approximate surface area is 195 Å². The third-order valence-electron chi connectivity index (χ3n) is 6.01. The molecule has 1 saturated carbocycles. The highest BCUT2D eigenvalue weighted by molar-refractivity contribution is 9.11. The zero-order chi connectivity index (χ0) is 22.1. The minimum atomic E-state index is -2.93. The Morgan fingerprint density at radius 2 is 1.47 bits per heavy atom. The number of alkyl halides is 2. The van der Waals surface area contributed by atoms with Gasteiger partial charge in [-0.25, -0.2) is 0 Å². The van der Waals surface area contributed by atoms with E-state index >= 15 is 8.78 Å². The molecule has 1 nitrogen and oxygen atoms in total. The van der Waals surface area contributed by atoms with Crippen molar-refractivity contribution in [2.24, 2.45) is 10.9 Å². The quantitative estimate of drug-likeness (QED) is 0.343. The summed E-state index contributed by atoms with van der Waals surface area (Å²) in [6.07, 6.45) is 3.91. The molecule has 1 aliphatic carbocycles. The first kappa shape index (κ1) is 23.6. The third kappa shape index (κ3) is 4.88. The summed E-state index contributed by atoms with van der Waals surface area (Å²) in [6.45, 7) is 6.54. The second kappa shape index (κ2) is 9.20. The van der Waals surface area contributed by atoms with E-state index in [9.17, 15) is 0 Å². The van der Waals surface area contributed by atoms with E-state index in [-0.39, 0.29) is 11.1 Å². The van der Waals surface area contributed by atoms with Gasteiger partial charge in [0.15, 0.2) is 0 Å². The Morgan fingerprint density at radius 1 is 0.933 bits per heavy atom. The predicted octanol–water partition coefficient (Wildman–Crippen LogP) is 8.81. The molecule has 0 heterocycles. The van der Waals surface area contributed by atoms with Gasteiger partial charge < -0.3 is 0 Å². The normalized spacial score (nSPS) is 16.7. The van der Waals surface area contributed by atoms with Gasteiger partial charge in [0.2, 0.25) is 0 Å². The van der Waals surface area contributed by atoms with Gasteiger partial charge in [-0.15, -0.1) is 0 Å². The van der Waals surface area contributed by atoms with Gasteiger partial charge in [-0.3, -0.25) is 4.99 Å². The van der Waals surface area contributed by atoms with Crippen molar-refractivity contribution in [2.75, 3.05) is 7.05 Å². The number of aliphatic imine (C=N–C) groups is 1. The van der Waals surface area contributed by atoms with Crippen molar-refractivity contribution in [3.63, 3.8) is 0 Å². The largest absolute Gasteiger partial charge is 0.292 e. The summed E-state index contributed by atoms with van der Waals surface area (Å²) in [6, 6.07) is 12.0. The summed E-state index contributed by atoms with van der Waals surface area (Å²) in [7, 11) is 1.47. The molecule has 1 fully saturated rings. The average molecular weight is 541 g/mol. The van der Waals surface area contributed by atoms with Crippen LogP contribution in [0.3, 0.4) is 0 Å². The van der Waals surface area contributed by atoms with Crippen LogP contribution in [0, 0.1) is 5.92 Å². The van der Waals surface area contributed by atoms with Crippen LogP contribution in [0.25, 0.3) is 11.1 Å². The van der Waals surface area contributed by atoms with Crippen molar-refractivity contribution in [2.45, 2.75) is 64.2 Å². The molecule has 5 heteroatoms. The summed E-state index contributed by atoms with van der Waals surface area (Å²) in [5, 5.41) is 0. The topological polar surface area (TPSA) is 12.4 Å². The summed E-state index contributed by atoms with van der Waals surface area (Å²) < 4.78 is 32.2. The van der Waals surface area contributed by atoms with Crippen molar-refractivity contribution >= 4 is 37.6 Å². The van der Waals surface area contributed by atoms with Gasteiger partial charge in [0.25, 0.3) is 5.92 Å². The molecule has 0 aliphatic heterocycles. The van der Waals surface area contributed by atoms with E-state index in [1.54, 1.807) is 12.1 Å². The maximum absolute atomic E-state index is 15.3. The van der Waals surface area contributed by atoms with Gasteiger partial charge in [0, 0.05) is 33.0 Å². The highest BCUT2D eigenvalue weighted by atomic mass is 79.9. The second-order valence-electron chi connectivity index (χ2n) is 9.17. The smallest absolute Gasteiger partial charge is 0.286 e. The first-order chi connectivity index (χ1) is 14.1. The molecular weight excluding hydrogens is 512 g/mol. The van der Waals surface area contributed by atoms with Crippen LogP contribution in [0.5, 0.6) is 0 Å². The van der Waals surface area contributed by atoms with Crippen LogP contribution in [0.4, 0.5) is 8.78 Å². The molecule has 0 radical (unpaired) electrons. The lowest BCUT2D eigenvalue weighted by Gasteiger charge is -2.31. The van der Waals surface area contributed by atoms with Gasteiger partial charge in [0.05, 0.1) is 0 Å². The van der Waals surface area contributed by atoms with Crippen LogP contribution >= 0.6 is 31.9 Å². The van der Waals surface area contributed by atoms with Crippen molar-refractivity contribution in [3.8, 4) is 11.1 Å². The molecule has 2 aromatic rings. The Kier molecular flexibility index (Phi) is 7.23. The van der Waals surface area contributed by atoms with Gasteiger partial charge in [-0.2, -0.15) is 8.78 Å². The lowest BCUT2D eigenvalue weighted by Crippen LogP contribution is -2.39. The van der Waals surface area contributed by atoms with Crippen molar-refractivity contribution in [1.82, 2.24) is 0 Å². The predicted molar refractivity (Wildman–Crippen MR) is 130 cm³/mol. The van der Waals surface area contributed by atoms with Crippen molar-refractivity contribution in [3.05, 3.63) is 56.5 Å². The number of rotatable bonds is 4. The zero-order valence-electron chi connectivity index (χ0n) is 18.0. The van der Waals surface area contributed by atoms with Crippen LogP contribution in [0.2, 0.25) is 0 Å². The van der Waals surface area contributed by atoms with Gasteiger partial charge in [-0.05, 0) is 41.5 Å². The number of nitrogens with zero attached hydrogens (tertiary/aromatic N) is 1. The molecule has 1 aliphatic rings. The van der Waals surface area contributed by atoms with Crippen LogP contribution in [-0.2, 0) is 5.41 Å². The minimum Gasteiger partial charge on any atom is -0.286 e. The minimum absolute atomic E-state index is 0.0774. The standard InChI is InChI=1S/C25H29Br2F2N/c1-24(2,3)18-12-10-16(11-13-18)22-20(26)14-17(15-21(22)27)23(30-4)25(28,29)19-8-6-5-7-9-19/h10-15,19H,5-9H2,1-4H3. The molecule has 0 atom stereocenters. The Hall–Kier alpha value is -1.07. The fourth-order valence-corrected chi connectivity index (χ4v) is 5.90. The highest BCUT2D eigenvalue weighted by Gasteiger charge is 2.45. The van der Waals surface area contributed by atoms with E-state index in [1.807, 2.05) is 0 Å². The van der Waals surface area contributed by atoms with Crippen LogP contribution in [0.15, 0.2) is 50.3 Å². The molecule has 3 rings (SSSR count). The van der Waals surface area contributed by atoms with Gasteiger partial charge in [-0.1, -0.05) is 96.2 Å². The fourth-order valence-electron chi connectivity index (χ4n) is 4.25. The molecule has 0 bridgehead atoms. The number of benzene rings is 2. The summed E-state index contributed by atoms with van der Waals surface area (Å²) >= 11 is 7.25. The SMILES string of the molecule is CN=C(c1cc(Br)c(-c2ccc(C(C)(C)C)cc2)c(Br)c1)C(F)(F)C1CCCCC1. The van der Waals surface area contributed by atoms with E-state index in [0.29, 0.717) is 18.4 Å². The molecule has 0 aromatic heterocycles. The molecule has 0 spiro atoms. The molecule has 162 valence electrons. The molecule has 0 N–H and O–H groups in total. The van der Waals surface area contributed by atoms with Gasteiger partial charge in [0.1, 0.15) is 5.71 Å². The molecule has 30 heavy (non-hydrogen) atoms. The first-order valence-electron chi connectivity index (χ1n) is 10.5. The molecule has 2 aromatic carbocycles. The van der Waals surface area contributed by atoms with Gasteiger partial charge >= 0.3 is 0 Å². The third-order valence-corrected chi connectivity index (χ3v) is 7.26. The lowest BCUT2D eigenvalue weighted by atomic mass is 9.81. The molecule has 0 amide bonds. The fraction of sp³-hybridized carbons (Fsp3) is 0.480. The van der Waals surface area contributed by atoms with Crippen LogP contribution in [0.1, 0.15) is 64.0 Å². The van der Waals surface area contributed by atoms with E-state index in [4.69, 9.17) is 0 Å². The Bertz CT molecular complexity index is 898. The van der Waals surface area contributed by atoms with Crippen LogP contribution in [-0.4, -0.2) is 18.7 Å². The van der Waals surface area contributed by atoms with E-state index in [0.717, 1.165) is 39.3 Å². The van der Waals surface area contributed by atoms with Crippen molar-refractivity contribution in [1.29, 1.82) is 0 Å². The Balaban J connectivity index is 1.97.